The van der Waals surface area contributed by atoms with Crippen LogP contribution in [0.4, 0.5) is 9.18 Å². The molecule has 11 nitrogen and oxygen atoms in total. The number of carbonyl (C=O) groups is 4. The van der Waals surface area contributed by atoms with Gasteiger partial charge in [0.25, 0.3) is 5.91 Å². The fourth-order valence-corrected chi connectivity index (χ4v) is 5.30. The molecule has 1 fully saturated rings. The first kappa shape index (κ1) is 32.4. The van der Waals surface area contributed by atoms with Crippen molar-refractivity contribution in [1.29, 1.82) is 0 Å². The summed E-state index contributed by atoms with van der Waals surface area (Å²) in [4.78, 5) is 55.1. The van der Waals surface area contributed by atoms with Crippen LogP contribution >= 0.6 is 0 Å². The molecule has 4 rings (SSSR count). The Morgan fingerprint density at radius 3 is 2.43 bits per heavy atom. The van der Waals surface area contributed by atoms with Crippen LogP contribution in [-0.4, -0.2) is 83.4 Å². The normalized spacial score (nSPS) is 19.1. The number of hydrogen-bond acceptors (Lipinski definition) is 7. The van der Waals surface area contributed by atoms with Gasteiger partial charge < -0.3 is 25.0 Å². The van der Waals surface area contributed by atoms with Gasteiger partial charge >= 0.3 is 6.09 Å². The van der Waals surface area contributed by atoms with Crippen LogP contribution in [0, 0.1) is 11.2 Å². The number of piperidine rings is 1. The molecule has 4 amide bonds. The number of rotatable bonds is 9. The van der Waals surface area contributed by atoms with Gasteiger partial charge in [-0.2, -0.15) is 5.10 Å². The third-order valence-corrected chi connectivity index (χ3v) is 7.46. The maximum absolute atomic E-state index is 14.1. The van der Waals surface area contributed by atoms with E-state index < -0.39 is 46.3 Å². The second kappa shape index (κ2) is 12.6. The summed E-state index contributed by atoms with van der Waals surface area (Å²) in [6.45, 7) is 8.04. The molecule has 44 heavy (non-hydrogen) atoms. The van der Waals surface area contributed by atoms with Crippen molar-refractivity contribution in [1.82, 2.24) is 20.5 Å². The summed E-state index contributed by atoms with van der Waals surface area (Å²) < 4.78 is 24.9. The van der Waals surface area contributed by atoms with Crippen LogP contribution in [0.3, 0.4) is 0 Å². The Kier molecular flexibility index (Phi) is 9.31. The number of nitrogens with one attached hydrogen (secondary N) is 2. The molecular formula is C32H40FN5O6. The van der Waals surface area contributed by atoms with E-state index in [4.69, 9.17) is 9.47 Å². The molecule has 2 aromatic carbocycles. The molecule has 2 N–H and O–H groups in total. The summed E-state index contributed by atoms with van der Waals surface area (Å²) in [6.07, 6.45) is -0.0826. The largest absolute Gasteiger partial charge is 0.491 e. The fourth-order valence-electron chi connectivity index (χ4n) is 5.30. The summed E-state index contributed by atoms with van der Waals surface area (Å²) >= 11 is 0. The Morgan fingerprint density at radius 1 is 1.07 bits per heavy atom. The number of amides is 4. The van der Waals surface area contributed by atoms with Gasteiger partial charge in [0, 0.05) is 32.6 Å². The highest BCUT2D eigenvalue weighted by Gasteiger charge is 2.54. The molecule has 12 heteroatoms. The van der Waals surface area contributed by atoms with E-state index in [1.165, 1.54) is 48.0 Å². The molecule has 2 heterocycles. The first-order valence-electron chi connectivity index (χ1n) is 14.5. The Morgan fingerprint density at radius 2 is 1.77 bits per heavy atom. The summed E-state index contributed by atoms with van der Waals surface area (Å²) in [5.41, 5.74) is -1.68. The van der Waals surface area contributed by atoms with Gasteiger partial charge in [-0.05, 0) is 58.7 Å². The SMILES string of the molecule is CN1N=C2CCN(C(=O)C(COc3cccc(F)c3)NC(=O)C(C)(C)NC(=O)OC(C)(C)C)C[C@@]2(Cc2ccccc2)C1=O. The van der Waals surface area contributed by atoms with Crippen LogP contribution in [-0.2, 0) is 25.5 Å². The van der Waals surface area contributed by atoms with Crippen molar-refractivity contribution in [2.45, 2.75) is 64.6 Å². The van der Waals surface area contributed by atoms with Gasteiger partial charge in [-0.1, -0.05) is 36.4 Å². The molecule has 0 spiro atoms. The number of hydrazone groups is 1. The topological polar surface area (TPSA) is 130 Å². The van der Waals surface area contributed by atoms with Crippen molar-refractivity contribution in [3.05, 3.63) is 66.0 Å². The first-order chi connectivity index (χ1) is 20.6. The monoisotopic (exact) mass is 609 g/mol. The van der Waals surface area contributed by atoms with E-state index in [0.717, 1.165) is 5.56 Å². The molecule has 1 unspecified atom stereocenters. The van der Waals surface area contributed by atoms with E-state index in [0.29, 0.717) is 18.6 Å². The molecule has 2 aromatic rings. The Bertz CT molecular complexity index is 1440. The quantitative estimate of drug-likeness (QED) is 0.449. The molecule has 2 aliphatic rings. The van der Waals surface area contributed by atoms with Crippen molar-refractivity contribution in [2.75, 3.05) is 26.7 Å². The number of nitrogens with zero attached hydrogens (tertiary/aromatic N) is 3. The second-order valence-corrected chi connectivity index (χ2v) is 12.7. The van der Waals surface area contributed by atoms with Crippen LogP contribution in [0.1, 0.15) is 46.6 Å². The number of carbonyl (C=O) groups excluding carboxylic acids is 4. The van der Waals surface area contributed by atoms with Gasteiger partial charge in [0.05, 0.1) is 5.71 Å². The van der Waals surface area contributed by atoms with E-state index in [2.05, 4.69) is 15.7 Å². The van der Waals surface area contributed by atoms with Gasteiger partial charge in [-0.3, -0.25) is 14.4 Å². The van der Waals surface area contributed by atoms with Crippen LogP contribution < -0.4 is 15.4 Å². The van der Waals surface area contributed by atoms with Crippen molar-refractivity contribution in [3.63, 3.8) is 0 Å². The Hall–Kier alpha value is -4.48. The lowest BCUT2D eigenvalue weighted by Gasteiger charge is -2.41. The summed E-state index contributed by atoms with van der Waals surface area (Å²) in [5.74, 6) is -1.72. The van der Waals surface area contributed by atoms with Crippen LogP contribution in [0.2, 0.25) is 0 Å². The zero-order chi connectivity index (χ0) is 32.3. The lowest BCUT2D eigenvalue weighted by Crippen LogP contribution is -2.63. The average Bonchev–Trinajstić information content (AvgIpc) is 3.18. The fraction of sp³-hybridized carbons (Fsp3) is 0.469. The molecule has 0 aromatic heterocycles. The highest BCUT2D eigenvalue weighted by atomic mass is 19.1. The van der Waals surface area contributed by atoms with E-state index in [-0.39, 0.29) is 31.4 Å². The maximum atomic E-state index is 14.1. The number of benzene rings is 2. The summed E-state index contributed by atoms with van der Waals surface area (Å²) in [7, 11) is 1.60. The van der Waals surface area contributed by atoms with Crippen LogP contribution in [0.25, 0.3) is 0 Å². The standard InChI is InChI=1S/C32H40FN5O6/c1-30(2,3)44-29(42)35-31(4,5)27(40)34-24(19-43-23-14-10-13-22(33)17-23)26(39)38-16-15-25-32(20-38,28(41)37(6)36-25)18-21-11-8-7-9-12-21/h7-14,17,24H,15-16,18-20H2,1-6H3,(H,34,40)(H,35,42)/t24?,32-/m1/s1. The number of hydrogen-bond donors (Lipinski definition) is 2. The maximum Gasteiger partial charge on any atom is 0.408 e. The van der Waals surface area contributed by atoms with Gasteiger partial charge in [0.1, 0.15) is 40.8 Å². The van der Waals surface area contributed by atoms with Gasteiger partial charge in [0.15, 0.2) is 0 Å². The van der Waals surface area contributed by atoms with E-state index in [1.54, 1.807) is 27.8 Å². The van der Waals surface area contributed by atoms with Gasteiger partial charge in [0.2, 0.25) is 11.8 Å². The Balaban J connectivity index is 1.57. The second-order valence-electron chi connectivity index (χ2n) is 12.7. The minimum atomic E-state index is -1.47. The lowest BCUT2D eigenvalue weighted by atomic mass is 9.73. The van der Waals surface area contributed by atoms with Crippen molar-refractivity contribution in [2.24, 2.45) is 10.5 Å². The molecule has 1 saturated heterocycles. The lowest BCUT2D eigenvalue weighted by molar-refractivity contribution is -0.143. The minimum Gasteiger partial charge on any atom is -0.491 e. The van der Waals surface area contributed by atoms with Crippen molar-refractivity contribution in [3.8, 4) is 5.75 Å². The molecule has 2 atom stereocenters. The minimum absolute atomic E-state index is 0.0502. The Labute approximate surface area is 256 Å². The third-order valence-electron chi connectivity index (χ3n) is 7.46. The number of ether oxygens (including phenoxy) is 2. The highest BCUT2D eigenvalue weighted by Crippen LogP contribution is 2.38. The zero-order valence-corrected chi connectivity index (χ0v) is 26.0. The average molecular weight is 610 g/mol. The van der Waals surface area contributed by atoms with Gasteiger partial charge in [-0.15, -0.1) is 0 Å². The van der Waals surface area contributed by atoms with Crippen molar-refractivity contribution >= 4 is 29.5 Å². The van der Waals surface area contributed by atoms with E-state index in [9.17, 15) is 23.6 Å². The van der Waals surface area contributed by atoms with Crippen LogP contribution in [0.15, 0.2) is 59.7 Å². The number of fused-ring (bicyclic) bond motifs is 1. The molecule has 2 aliphatic heterocycles. The highest BCUT2D eigenvalue weighted by molar-refractivity contribution is 6.13. The van der Waals surface area contributed by atoms with Gasteiger partial charge in [-0.25, -0.2) is 14.2 Å². The molecule has 0 aliphatic carbocycles. The van der Waals surface area contributed by atoms with E-state index in [1.807, 2.05) is 30.3 Å². The number of halogens is 1. The predicted molar refractivity (Wildman–Crippen MR) is 161 cm³/mol. The smallest absolute Gasteiger partial charge is 0.408 e. The number of alkyl carbamates (subject to hydrolysis) is 1. The zero-order valence-electron chi connectivity index (χ0n) is 26.0. The first-order valence-corrected chi connectivity index (χ1v) is 14.5. The summed E-state index contributed by atoms with van der Waals surface area (Å²) in [5, 5.41) is 11.1. The molecule has 0 bridgehead atoms. The third kappa shape index (κ3) is 7.53. The molecular weight excluding hydrogens is 569 g/mol. The molecule has 236 valence electrons. The van der Waals surface area contributed by atoms with Crippen LogP contribution in [0.5, 0.6) is 5.75 Å². The predicted octanol–water partition coefficient (Wildman–Crippen LogP) is 3.28. The van der Waals surface area contributed by atoms with E-state index >= 15 is 0 Å². The van der Waals surface area contributed by atoms with Crippen molar-refractivity contribution < 1.29 is 33.0 Å². The summed E-state index contributed by atoms with van der Waals surface area (Å²) in [6, 6.07) is 13.7. The number of likely N-dealkylation sites (tertiary alicyclic amines) is 1. The molecule has 0 radical (unpaired) electrons. The molecule has 0 saturated carbocycles.